The molecular formula is C15H16N2O4. The molecule has 0 aromatic heterocycles. The van der Waals surface area contributed by atoms with Gasteiger partial charge in [0, 0.05) is 6.20 Å². The molecule has 1 aromatic rings. The molecule has 6 nitrogen and oxygen atoms in total. The normalized spacial score (nSPS) is 24.3. The molecule has 0 saturated carbocycles. The number of fused-ring (bicyclic) bond motifs is 1. The second-order valence-corrected chi connectivity index (χ2v) is 4.94. The first-order chi connectivity index (χ1) is 10.3. The zero-order chi connectivity index (χ0) is 14.7. The van der Waals surface area contributed by atoms with Crippen LogP contribution in [-0.4, -0.2) is 42.0 Å². The van der Waals surface area contributed by atoms with Crippen LogP contribution in [-0.2, 0) is 25.7 Å². The monoisotopic (exact) mass is 288 g/mol. The lowest BCUT2D eigenvalue weighted by Gasteiger charge is -2.38. The van der Waals surface area contributed by atoms with E-state index in [0.717, 1.165) is 5.56 Å². The molecule has 2 atom stereocenters. The first-order valence-corrected chi connectivity index (χ1v) is 6.78. The van der Waals surface area contributed by atoms with Gasteiger partial charge in [0.05, 0.1) is 19.5 Å². The molecule has 0 aliphatic carbocycles. The van der Waals surface area contributed by atoms with Crippen LogP contribution in [0.1, 0.15) is 5.56 Å². The zero-order valence-electron chi connectivity index (χ0n) is 11.4. The molecule has 3 rings (SSSR count). The molecule has 0 unspecified atom stereocenters. The van der Waals surface area contributed by atoms with Gasteiger partial charge in [-0.2, -0.15) is 0 Å². The van der Waals surface area contributed by atoms with E-state index >= 15 is 0 Å². The minimum Gasteiger partial charge on any atom is -0.497 e. The SMILES string of the molecule is O=C1N[C@@H](COCc2ccccc2)C(=O)N2C=COC[C@@H]12. The van der Waals surface area contributed by atoms with E-state index < -0.39 is 12.1 Å². The number of nitrogens with one attached hydrogen (secondary N) is 1. The van der Waals surface area contributed by atoms with Crippen molar-refractivity contribution in [3.63, 3.8) is 0 Å². The highest BCUT2D eigenvalue weighted by atomic mass is 16.5. The number of hydrogen-bond acceptors (Lipinski definition) is 4. The van der Waals surface area contributed by atoms with E-state index in [9.17, 15) is 9.59 Å². The lowest BCUT2D eigenvalue weighted by Crippen LogP contribution is -2.64. The van der Waals surface area contributed by atoms with Gasteiger partial charge < -0.3 is 14.8 Å². The lowest BCUT2D eigenvalue weighted by molar-refractivity contribution is -0.150. The van der Waals surface area contributed by atoms with Crippen molar-refractivity contribution >= 4 is 11.8 Å². The molecule has 2 amide bonds. The van der Waals surface area contributed by atoms with E-state index in [1.807, 2.05) is 30.3 Å². The van der Waals surface area contributed by atoms with Crippen LogP contribution in [0.2, 0.25) is 0 Å². The Hall–Kier alpha value is -2.34. The topological polar surface area (TPSA) is 67.9 Å². The fraction of sp³-hybridized carbons (Fsp3) is 0.333. The van der Waals surface area contributed by atoms with Crippen LogP contribution in [0.4, 0.5) is 0 Å². The fourth-order valence-electron chi connectivity index (χ4n) is 2.36. The highest BCUT2D eigenvalue weighted by Gasteiger charge is 2.41. The number of carbonyl (C=O) groups is 2. The molecular weight excluding hydrogens is 272 g/mol. The smallest absolute Gasteiger partial charge is 0.252 e. The summed E-state index contributed by atoms with van der Waals surface area (Å²) in [6.45, 7) is 0.742. The minimum absolute atomic E-state index is 0.150. The Morgan fingerprint density at radius 1 is 1.29 bits per heavy atom. The van der Waals surface area contributed by atoms with E-state index in [2.05, 4.69) is 5.32 Å². The summed E-state index contributed by atoms with van der Waals surface area (Å²) in [4.78, 5) is 25.6. The number of hydrogen-bond donors (Lipinski definition) is 1. The Bertz CT molecular complexity index is 558. The van der Waals surface area contributed by atoms with Gasteiger partial charge in [-0.3, -0.25) is 14.5 Å². The molecule has 1 saturated heterocycles. The van der Waals surface area contributed by atoms with Gasteiger partial charge in [-0.15, -0.1) is 0 Å². The summed E-state index contributed by atoms with van der Waals surface area (Å²) in [5.41, 5.74) is 1.02. The third-order valence-corrected chi connectivity index (χ3v) is 3.48. The third-order valence-electron chi connectivity index (χ3n) is 3.48. The summed E-state index contributed by atoms with van der Waals surface area (Å²) in [6.07, 6.45) is 2.92. The molecule has 0 radical (unpaired) electrons. The Balaban J connectivity index is 1.58. The average Bonchev–Trinajstić information content (AvgIpc) is 2.53. The Morgan fingerprint density at radius 3 is 2.90 bits per heavy atom. The van der Waals surface area contributed by atoms with Crippen molar-refractivity contribution in [1.82, 2.24) is 10.2 Å². The number of rotatable bonds is 4. The molecule has 1 aromatic carbocycles. The van der Waals surface area contributed by atoms with Crippen molar-refractivity contribution in [2.24, 2.45) is 0 Å². The number of benzene rings is 1. The van der Waals surface area contributed by atoms with Crippen molar-refractivity contribution in [3.05, 3.63) is 48.4 Å². The molecule has 2 aliphatic rings. The van der Waals surface area contributed by atoms with Crippen LogP contribution in [0.15, 0.2) is 42.8 Å². The molecule has 1 fully saturated rings. The summed E-state index contributed by atoms with van der Waals surface area (Å²) in [5.74, 6) is -0.389. The first-order valence-electron chi connectivity index (χ1n) is 6.78. The summed E-state index contributed by atoms with van der Waals surface area (Å²) in [5, 5.41) is 2.68. The van der Waals surface area contributed by atoms with Crippen LogP contribution in [0.5, 0.6) is 0 Å². The van der Waals surface area contributed by atoms with E-state index in [-0.39, 0.29) is 25.0 Å². The van der Waals surface area contributed by atoms with Crippen molar-refractivity contribution in [2.45, 2.75) is 18.7 Å². The molecule has 21 heavy (non-hydrogen) atoms. The molecule has 1 N–H and O–H groups in total. The van der Waals surface area contributed by atoms with Gasteiger partial charge in [0.15, 0.2) is 0 Å². The van der Waals surface area contributed by atoms with Crippen LogP contribution in [0, 0.1) is 0 Å². The largest absolute Gasteiger partial charge is 0.497 e. The predicted octanol–water partition coefficient (Wildman–Crippen LogP) is 0.400. The second-order valence-electron chi connectivity index (χ2n) is 4.94. The zero-order valence-corrected chi connectivity index (χ0v) is 11.4. The summed E-state index contributed by atoms with van der Waals surface area (Å²) in [7, 11) is 0. The molecule has 110 valence electrons. The first kappa shape index (κ1) is 13.6. The predicted molar refractivity (Wildman–Crippen MR) is 73.8 cm³/mol. The molecule has 2 heterocycles. The number of carbonyl (C=O) groups excluding carboxylic acids is 2. The standard InChI is InChI=1S/C15H16N2O4/c18-14-13-10-20-7-6-17(13)15(19)12(16-14)9-21-8-11-4-2-1-3-5-11/h1-7,12-13H,8-10H2,(H,16,18)/t12-,13-/m0/s1. The maximum Gasteiger partial charge on any atom is 0.252 e. The second kappa shape index (κ2) is 5.97. The summed E-state index contributed by atoms with van der Waals surface area (Å²) in [6, 6.07) is 8.45. The van der Waals surface area contributed by atoms with Gasteiger partial charge >= 0.3 is 0 Å². The summed E-state index contributed by atoms with van der Waals surface area (Å²) < 4.78 is 10.6. The highest BCUT2D eigenvalue weighted by molar-refractivity contribution is 5.97. The van der Waals surface area contributed by atoms with E-state index in [4.69, 9.17) is 9.47 Å². The number of nitrogens with zero attached hydrogens (tertiary/aromatic N) is 1. The quantitative estimate of drug-likeness (QED) is 0.871. The highest BCUT2D eigenvalue weighted by Crippen LogP contribution is 2.15. The Labute approximate surface area is 122 Å². The van der Waals surface area contributed by atoms with Gasteiger partial charge in [0.25, 0.3) is 5.91 Å². The Morgan fingerprint density at radius 2 is 2.10 bits per heavy atom. The van der Waals surface area contributed by atoms with Gasteiger partial charge in [-0.1, -0.05) is 30.3 Å². The molecule has 2 aliphatic heterocycles. The minimum atomic E-state index is -0.653. The lowest BCUT2D eigenvalue weighted by atomic mass is 10.1. The Kier molecular flexibility index (Phi) is 3.87. The maximum atomic E-state index is 12.3. The summed E-state index contributed by atoms with van der Waals surface area (Å²) >= 11 is 0. The van der Waals surface area contributed by atoms with Gasteiger partial charge in [-0.05, 0) is 5.56 Å². The van der Waals surface area contributed by atoms with Gasteiger partial charge in [0.1, 0.15) is 18.7 Å². The molecule has 0 spiro atoms. The number of ether oxygens (including phenoxy) is 2. The van der Waals surface area contributed by atoms with Gasteiger partial charge in [0.2, 0.25) is 5.91 Å². The fourth-order valence-corrected chi connectivity index (χ4v) is 2.36. The van der Waals surface area contributed by atoms with Crippen molar-refractivity contribution < 1.29 is 19.1 Å². The van der Waals surface area contributed by atoms with E-state index in [1.54, 1.807) is 0 Å². The van der Waals surface area contributed by atoms with Crippen molar-refractivity contribution in [3.8, 4) is 0 Å². The van der Waals surface area contributed by atoms with E-state index in [0.29, 0.717) is 6.61 Å². The van der Waals surface area contributed by atoms with E-state index in [1.165, 1.54) is 17.4 Å². The van der Waals surface area contributed by atoms with Crippen LogP contribution < -0.4 is 5.32 Å². The van der Waals surface area contributed by atoms with Gasteiger partial charge in [-0.25, -0.2) is 0 Å². The van der Waals surface area contributed by atoms with Crippen LogP contribution in [0.3, 0.4) is 0 Å². The number of piperazine rings is 1. The third kappa shape index (κ3) is 2.90. The van der Waals surface area contributed by atoms with Crippen molar-refractivity contribution in [1.29, 1.82) is 0 Å². The van der Waals surface area contributed by atoms with Crippen LogP contribution in [0.25, 0.3) is 0 Å². The average molecular weight is 288 g/mol. The number of amides is 2. The molecule has 6 heteroatoms. The molecule has 0 bridgehead atoms. The maximum absolute atomic E-state index is 12.3. The van der Waals surface area contributed by atoms with Crippen LogP contribution >= 0.6 is 0 Å². The van der Waals surface area contributed by atoms with Crippen molar-refractivity contribution in [2.75, 3.05) is 13.2 Å².